The van der Waals surface area contributed by atoms with E-state index in [1.807, 2.05) is 24.3 Å². The second-order valence-electron chi connectivity index (χ2n) is 6.75. The highest BCUT2D eigenvalue weighted by atomic mass is 127. The van der Waals surface area contributed by atoms with Crippen molar-refractivity contribution in [2.24, 2.45) is 0 Å². The van der Waals surface area contributed by atoms with Gasteiger partial charge in [-0.05, 0) is 51.9 Å². The standard InChI is InChI=1S/C18H18ClIN6O5/c1-30-25-16(29)13-11(27)12(28)17(31-13)26-7-22-10-14(23-18(19)24-15(10)26)21-6-8-3-2-4-9(20)5-8/h2-5,7,11-13,17,27-28H,6H2,1H3,(H,25,29)(H,21,23,24)/t11-,12+,13-,17+/m0/s1. The largest absolute Gasteiger partial charge is 0.387 e. The minimum absolute atomic E-state index is 0.0406. The summed E-state index contributed by atoms with van der Waals surface area (Å²) in [4.78, 5) is 29.3. The van der Waals surface area contributed by atoms with Gasteiger partial charge in [0.2, 0.25) is 5.28 Å². The maximum absolute atomic E-state index is 12.0. The first kappa shape index (κ1) is 22.1. The number of halogens is 2. The first-order chi connectivity index (χ1) is 14.9. The molecule has 1 aliphatic heterocycles. The minimum atomic E-state index is -1.48. The Hall–Kier alpha value is -2.10. The number of nitrogens with one attached hydrogen (secondary N) is 2. The normalized spacial score (nSPS) is 23.3. The first-order valence-electron chi connectivity index (χ1n) is 9.12. The van der Waals surface area contributed by atoms with E-state index in [2.05, 4.69) is 53.2 Å². The fourth-order valence-corrected chi connectivity index (χ4v) is 4.07. The van der Waals surface area contributed by atoms with Crippen LogP contribution in [0.1, 0.15) is 11.8 Å². The number of carbonyl (C=O) groups is 1. The van der Waals surface area contributed by atoms with Gasteiger partial charge in [-0.2, -0.15) is 9.97 Å². The zero-order valence-electron chi connectivity index (χ0n) is 16.1. The van der Waals surface area contributed by atoms with Gasteiger partial charge in [-0.15, -0.1) is 0 Å². The van der Waals surface area contributed by atoms with Gasteiger partial charge in [-0.1, -0.05) is 12.1 Å². The molecule has 1 aromatic carbocycles. The van der Waals surface area contributed by atoms with Gasteiger partial charge in [0.05, 0.1) is 13.4 Å². The molecule has 1 amide bonds. The molecule has 31 heavy (non-hydrogen) atoms. The molecule has 4 rings (SSSR count). The number of amides is 1. The van der Waals surface area contributed by atoms with Crippen molar-refractivity contribution < 1.29 is 24.6 Å². The van der Waals surface area contributed by atoms with Crippen molar-refractivity contribution in [2.45, 2.75) is 31.1 Å². The Balaban J connectivity index is 1.62. The molecular formula is C18H18ClIN6O5. The minimum Gasteiger partial charge on any atom is -0.387 e. The van der Waals surface area contributed by atoms with Crippen molar-refractivity contribution in [3.8, 4) is 0 Å². The highest BCUT2D eigenvalue weighted by Crippen LogP contribution is 2.33. The zero-order valence-corrected chi connectivity index (χ0v) is 19.0. The average Bonchev–Trinajstić information content (AvgIpc) is 3.27. The van der Waals surface area contributed by atoms with Gasteiger partial charge in [-0.3, -0.25) is 14.2 Å². The lowest BCUT2D eigenvalue weighted by atomic mass is 10.1. The van der Waals surface area contributed by atoms with E-state index in [4.69, 9.17) is 16.3 Å². The van der Waals surface area contributed by atoms with Crippen molar-refractivity contribution in [1.82, 2.24) is 25.0 Å². The highest BCUT2D eigenvalue weighted by molar-refractivity contribution is 14.1. The molecule has 0 aliphatic carbocycles. The number of carbonyl (C=O) groups excluding carboxylic acids is 1. The number of aromatic nitrogens is 4. The molecule has 164 valence electrons. The molecule has 0 radical (unpaired) electrons. The maximum Gasteiger partial charge on any atom is 0.275 e. The summed E-state index contributed by atoms with van der Waals surface area (Å²) in [5, 5.41) is 23.8. The van der Waals surface area contributed by atoms with Gasteiger partial charge in [0, 0.05) is 10.1 Å². The third-order valence-corrected chi connectivity index (χ3v) is 5.56. The van der Waals surface area contributed by atoms with E-state index in [-0.39, 0.29) is 10.9 Å². The van der Waals surface area contributed by atoms with Crippen molar-refractivity contribution >= 4 is 57.1 Å². The number of aliphatic hydroxyl groups is 2. The van der Waals surface area contributed by atoms with Crippen LogP contribution in [0.25, 0.3) is 11.2 Å². The fraction of sp³-hybridized carbons (Fsp3) is 0.333. The van der Waals surface area contributed by atoms with Gasteiger partial charge in [-0.25, -0.2) is 10.5 Å². The number of aliphatic hydroxyl groups excluding tert-OH is 2. The van der Waals surface area contributed by atoms with Gasteiger partial charge in [0.1, 0.15) is 12.2 Å². The number of hydroxylamine groups is 1. The van der Waals surface area contributed by atoms with Gasteiger partial charge >= 0.3 is 0 Å². The van der Waals surface area contributed by atoms with E-state index in [9.17, 15) is 15.0 Å². The number of hydrogen-bond donors (Lipinski definition) is 4. The Labute approximate surface area is 194 Å². The summed E-state index contributed by atoms with van der Waals surface area (Å²) in [6, 6.07) is 7.95. The second kappa shape index (κ2) is 9.18. The van der Waals surface area contributed by atoms with Crippen LogP contribution in [-0.2, 0) is 20.9 Å². The molecule has 4 N–H and O–H groups in total. The van der Waals surface area contributed by atoms with E-state index in [0.717, 1.165) is 9.13 Å². The Kier molecular flexibility index (Phi) is 6.55. The van der Waals surface area contributed by atoms with E-state index in [1.54, 1.807) is 0 Å². The maximum atomic E-state index is 12.0. The predicted molar refractivity (Wildman–Crippen MR) is 118 cm³/mol. The molecule has 1 saturated heterocycles. The molecule has 4 atom stereocenters. The molecule has 11 nitrogen and oxygen atoms in total. The number of ether oxygens (including phenoxy) is 1. The zero-order chi connectivity index (χ0) is 22.1. The summed E-state index contributed by atoms with van der Waals surface area (Å²) < 4.78 is 8.08. The summed E-state index contributed by atoms with van der Waals surface area (Å²) in [7, 11) is 1.25. The number of benzene rings is 1. The summed E-state index contributed by atoms with van der Waals surface area (Å²) in [6.07, 6.45) is -3.98. The van der Waals surface area contributed by atoms with E-state index in [0.29, 0.717) is 17.9 Å². The van der Waals surface area contributed by atoms with Crippen LogP contribution in [0.5, 0.6) is 0 Å². The first-order valence-corrected chi connectivity index (χ1v) is 10.6. The Morgan fingerprint density at radius 3 is 2.90 bits per heavy atom. The number of rotatable bonds is 6. The molecular weight excluding hydrogens is 543 g/mol. The second-order valence-corrected chi connectivity index (χ2v) is 8.33. The number of nitrogens with zero attached hydrogens (tertiary/aromatic N) is 4. The molecule has 0 spiro atoms. The Bertz CT molecular complexity index is 1110. The fourth-order valence-electron chi connectivity index (χ4n) is 3.30. The van der Waals surface area contributed by atoms with Gasteiger partial charge < -0.3 is 20.3 Å². The Morgan fingerprint density at radius 1 is 1.35 bits per heavy atom. The Morgan fingerprint density at radius 2 is 2.16 bits per heavy atom. The molecule has 3 aromatic rings. The summed E-state index contributed by atoms with van der Waals surface area (Å²) in [5.41, 5.74) is 3.79. The lowest BCUT2D eigenvalue weighted by Gasteiger charge is -2.16. The van der Waals surface area contributed by atoms with E-state index in [1.165, 1.54) is 18.0 Å². The van der Waals surface area contributed by atoms with Crippen LogP contribution in [0.4, 0.5) is 5.82 Å². The van der Waals surface area contributed by atoms with Crippen molar-refractivity contribution in [2.75, 3.05) is 12.4 Å². The summed E-state index contributed by atoms with van der Waals surface area (Å²) in [5.74, 6) is -0.331. The molecule has 1 aliphatic rings. The topological polar surface area (TPSA) is 144 Å². The van der Waals surface area contributed by atoms with Gasteiger partial charge in [0.15, 0.2) is 29.3 Å². The smallest absolute Gasteiger partial charge is 0.275 e. The molecule has 0 bridgehead atoms. The lowest BCUT2D eigenvalue weighted by molar-refractivity contribution is -0.148. The lowest BCUT2D eigenvalue weighted by Crippen LogP contribution is -2.42. The molecule has 3 heterocycles. The predicted octanol–water partition coefficient (Wildman–Crippen LogP) is 0.993. The van der Waals surface area contributed by atoms with Crippen LogP contribution < -0.4 is 10.8 Å². The SMILES string of the molecule is CONC(=O)[C@H]1O[C@@H](n2cnc3c(NCc4cccc(I)c4)nc(Cl)nc32)[C@H](O)[C@@H]1O. The van der Waals surface area contributed by atoms with Crippen LogP contribution >= 0.6 is 34.2 Å². The molecule has 2 aromatic heterocycles. The van der Waals surface area contributed by atoms with E-state index < -0.39 is 30.4 Å². The van der Waals surface area contributed by atoms with Crippen LogP contribution in [0, 0.1) is 3.57 Å². The molecule has 0 saturated carbocycles. The summed E-state index contributed by atoms with van der Waals surface area (Å²) in [6.45, 7) is 0.479. The summed E-state index contributed by atoms with van der Waals surface area (Å²) >= 11 is 8.35. The number of imidazole rings is 1. The monoisotopic (exact) mass is 560 g/mol. The third-order valence-electron chi connectivity index (χ3n) is 4.72. The van der Waals surface area contributed by atoms with Crippen LogP contribution in [0.15, 0.2) is 30.6 Å². The number of hydrogen-bond acceptors (Lipinski definition) is 9. The van der Waals surface area contributed by atoms with Gasteiger partial charge in [0.25, 0.3) is 5.91 Å². The number of fused-ring (bicyclic) bond motifs is 1. The molecule has 1 fully saturated rings. The molecule has 0 unspecified atom stereocenters. The van der Waals surface area contributed by atoms with Crippen molar-refractivity contribution in [3.63, 3.8) is 0 Å². The molecule has 13 heteroatoms. The van der Waals surface area contributed by atoms with Crippen LogP contribution in [0.2, 0.25) is 5.28 Å². The third kappa shape index (κ3) is 4.44. The highest BCUT2D eigenvalue weighted by Gasteiger charge is 2.48. The van der Waals surface area contributed by atoms with E-state index >= 15 is 0 Å². The number of anilines is 1. The van der Waals surface area contributed by atoms with Crippen molar-refractivity contribution in [3.05, 3.63) is 45.0 Å². The van der Waals surface area contributed by atoms with Crippen LogP contribution in [0.3, 0.4) is 0 Å². The van der Waals surface area contributed by atoms with Crippen molar-refractivity contribution in [1.29, 1.82) is 0 Å². The quantitative estimate of drug-likeness (QED) is 0.197. The average molecular weight is 561 g/mol. The van der Waals surface area contributed by atoms with Crippen LogP contribution in [-0.4, -0.2) is 61.1 Å².